The largest absolute Gasteiger partial charge is 0.478 e. The zero-order chi connectivity index (χ0) is 9.84. The number of carbonyl (C=O) groups is 1. The molecule has 0 radical (unpaired) electrons. The van der Waals surface area contributed by atoms with E-state index in [1.807, 2.05) is 18.2 Å². The van der Waals surface area contributed by atoms with Gasteiger partial charge in [-0.2, -0.15) is 0 Å². The SMILES string of the molecule is O=C(O)/C=C/c1c(Br)cccc1Br. The summed E-state index contributed by atoms with van der Waals surface area (Å²) in [6.45, 7) is 0. The van der Waals surface area contributed by atoms with Gasteiger partial charge in [-0.1, -0.05) is 37.9 Å². The van der Waals surface area contributed by atoms with Crippen molar-refractivity contribution in [1.29, 1.82) is 0 Å². The second-order valence-corrected chi connectivity index (χ2v) is 4.02. The van der Waals surface area contributed by atoms with Gasteiger partial charge in [-0.05, 0) is 18.2 Å². The molecule has 13 heavy (non-hydrogen) atoms. The van der Waals surface area contributed by atoms with Gasteiger partial charge in [-0.25, -0.2) is 4.79 Å². The Labute approximate surface area is 92.5 Å². The molecule has 1 aromatic rings. The second-order valence-electron chi connectivity index (χ2n) is 2.31. The normalized spacial score (nSPS) is 10.6. The molecule has 1 N–H and O–H groups in total. The highest BCUT2D eigenvalue weighted by Gasteiger charge is 2.00. The van der Waals surface area contributed by atoms with E-state index in [2.05, 4.69) is 31.9 Å². The molecule has 0 aliphatic carbocycles. The van der Waals surface area contributed by atoms with Crippen LogP contribution < -0.4 is 0 Å². The number of aliphatic carboxylic acids is 1. The maximum Gasteiger partial charge on any atom is 0.328 e. The molecule has 1 aromatic carbocycles. The van der Waals surface area contributed by atoms with Gasteiger partial charge in [-0.15, -0.1) is 0 Å². The van der Waals surface area contributed by atoms with Crippen LogP contribution in [0.15, 0.2) is 33.2 Å². The molecule has 0 amide bonds. The minimum atomic E-state index is -0.956. The quantitative estimate of drug-likeness (QED) is 0.851. The summed E-state index contributed by atoms with van der Waals surface area (Å²) in [5.74, 6) is -0.956. The van der Waals surface area contributed by atoms with Crippen molar-refractivity contribution in [2.24, 2.45) is 0 Å². The summed E-state index contributed by atoms with van der Waals surface area (Å²) < 4.78 is 1.72. The highest BCUT2D eigenvalue weighted by atomic mass is 79.9. The molecule has 0 aliphatic rings. The van der Waals surface area contributed by atoms with Crippen LogP contribution in [0.2, 0.25) is 0 Å². The van der Waals surface area contributed by atoms with Crippen LogP contribution in [-0.2, 0) is 4.79 Å². The average molecular weight is 306 g/mol. The Morgan fingerprint density at radius 3 is 2.31 bits per heavy atom. The Morgan fingerprint density at radius 2 is 1.85 bits per heavy atom. The Balaban J connectivity index is 3.06. The number of rotatable bonds is 2. The fraction of sp³-hybridized carbons (Fsp3) is 0. The molecule has 0 heterocycles. The van der Waals surface area contributed by atoms with E-state index >= 15 is 0 Å². The van der Waals surface area contributed by atoms with E-state index in [-0.39, 0.29) is 0 Å². The van der Waals surface area contributed by atoms with Gasteiger partial charge in [0.25, 0.3) is 0 Å². The Hall–Kier alpha value is -0.610. The molecule has 0 aliphatic heterocycles. The first-order valence-corrected chi connectivity index (χ1v) is 5.05. The number of hydrogen-bond acceptors (Lipinski definition) is 1. The Kier molecular flexibility index (Phi) is 3.69. The molecular weight excluding hydrogens is 300 g/mol. The van der Waals surface area contributed by atoms with Crippen molar-refractivity contribution in [3.63, 3.8) is 0 Å². The number of carboxylic acids is 1. The third-order valence-corrected chi connectivity index (χ3v) is 2.78. The van der Waals surface area contributed by atoms with Crippen LogP contribution in [0.5, 0.6) is 0 Å². The van der Waals surface area contributed by atoms with Crippen molar-refractivity contribution < 1.29 is 9.90 Å². The fourth-order valence-electron chi connectivity index (χ4n) is 0.825. The van der Waals surface area contributed by atoms with Crippen LogP contribution in [0.3, 0.4) is 0 Å². The first-order valence-electron chi connectivity index (χ1n) is 3.46. The minimum absolute atomic E-state index is 0.824. The van der Waals surface area contributed by atoms with E-state index in [1.165, 1.54) is 6.08 Å². The zero-order valence-corrected chi connectivity index (χ0v) is 9.67. The fourth-order valence-corrected chi connectivity index (χ4v) is 2.09. The standard InChI is InChI=1S/C9H6Br2O2/c10-7-2-1-3-8(11)6(7)4-5-9(12)13/h1-5H,(H,12,13)/b5-4+. The summed E-state index contributed by atoms with van der Waals surface area (Å²) in [6.07, 6.45) is 2.64. The van der Waals surface area contributed by atoms with Gasteiger partial charge in [-0.3, -0.25) is 0 Å². The lowest BCUT2D eigenvalue weighted by atomic mass is 10.2. The van der Waals surface area contributed by atoms with Crippen molar-refractivity contribution in [1.82, 2.24) is 0 Å². The lowest BCUT2D eigenvalue weighted by Gasteiger charge is -2.00. The average Bonchev–Trinajstić information content (AvgIpc) is 2.03. The highest BCUT2D eigenvalue weighted by molar-refractivity contribution is 9.11. The molecule has 1 rings (SSSR count). The number of halogens is 2. The van der Waals surface area contributed by atoms with Gasteiger partial charge in [0.05, 0.1) is 0 Å². The van der Waals surface area contributed by atoms with E-state index in [0.29, 0.717) is 0 Å². The van der Waals surface area contributed by atoms with Gasteiger partial charge < -0.3 is 5.11 Å². The third-order valence-electron chi connectivity index (χ3n) is 1.39. The van der Waals surface area contributed by atoms with Crippen LogP contribution in [0.1, 0.15) is 5.56 Å². The maximum absolute atomic E-state index is 10.3. The van der Waals surface area contributed by atoms with Gasteiger partial charge in [0.15, 0.2) is 0 Å². The predicted molar refractivity (Wildman–Crippen MR) is 58.5 cm³/mol. The summed E-state index contributed by atoms with van der Waals surface area (Å²) in [6, 6.07) is 5.57. The van der Waals surface area contributed by atoms with Gasteiger partial charge in [0.2, 0.25) is 0 Å². The molecule has 0 saturated carbocycles. The van der Waals surface area contributed by atoms with Gasteiger partial charge >= 0.3 is 5.97 Å². The molecule has 0 unspecified atom stereocenters. The molecule has 0 aromatic heterocycles. The molecule has 0 atom stereocenters. The van der Waals surface area contributed by atoms with Crippen LogP contribution in [0.4, 0.5) is 0 Å². The Morgan fingerprint density at radius 1 is 1.31 bits per heavy atom. The maximum atomic E-state index is 10.3. The van der Waals surface area contributed by atoms with Crippen molar-refractivity contribution in [2.45, 2.75) is 0 Å². The smallest absolute Gasteiger partial charge is 0.328 e. The van der Waals surface area contributed by atoms with Crippen LogP contribution in [0.25, 0.3) is 6.08 Å². The van der Waals surface area contributed by atoms with Crippen molar-refractivity contribution in [3.05, 3.63) is 38.8 Å². The molecule has 2 nitrogen and oxygen atoms in total. The summed E-state index contributed by atoms with van der Waals surface area (Å²) in [5.41, 5.74) is 0.824. The van der Waals surface area contributed by atoms with E-state index < -0.39 is 5.97 Å². The van der Waals surface area contributed by atoms with E-state index in [9.17, 15) is 4.79 Å². The van der Waals surface area contributed by atoms with Gasteiger partial charge in [0, 0.05) is 20.6 Å². The molecule has 4 heteroatoms. The lowest BCUT2D eigenvalue weighted by molar-refractivity contribution is -0.131. The summed E-state index contributed by atoms with van der Waals surface area (Å²) in [4.78, 5) is 10.3. The molecule has 0 bridgehead atoms. The summed E-state index contributed by atoms with van der Waals surface area (Å²) in [5, 5.41) is 8.44. The predicted octanol–water partition coefficient (Wildman–Crippen LogP) is 3.31. The summed E-state index contributed by atoms with van der Waals surface area (Å²) >= 11 is 6.65. The molecule has 0 fully saturated rings. The molecular formula is C9H6Br2O2. The highest BCUT2D eigenvalue weighted by Crippen LogP contribution is 2.26. The zero-order valence-electron chi connectivity index (χ0n) is 6.50. The first kappa shape index (κ1) is 10.5. The number of carboxylic acid groups (broad SMARTS) is 1. The first-order chi connectivity index (χ1) is 6.11. The lowest BCUT2D eigenvalue weighted by Crippen LogP contribution is -1.86. The number of hydrogen-bond donors (Lipinski definition) is 1. The monoisotopic (exact) mass is 304 g/mol. The second kappa shape index (κ2) is 4.58. The topological polar surface area (TPSA) is 37.3 Å². The molecule has 0 saturated heterocycles. The molecule has 0 spiro atoms. The molecule has 68 valence electrons. The van der Waals surface area contributed by atoms with E-state index in [0.717, 1.165) is 20.6 Å². The van der Waals surface area contributed by atoms with Crippen molar-refractivity contribution in [3.8, 4) is 0 Å². The summed E-state index contributed by atoms with van der Waals surface area (Å²) in [7, 11) is 0. The van der Waals surface area contributed by atoms with Crippen LogP contribution >= 0.6 is 31.9 Å². The van der Waals surface area contributed by atoms with Crippen molar-refractivity contribution >= 4 is 43.9 Å². The van der Waals surface area contributed by atoms with Crippen LogP contribution in [0, 0.1) is 0 Å². The van der Waals surface area contributed by atoms with E-state index in [1.54, 1.807) is 0 Å². The minimum Gasteiger partial charge on any atom is -0.478 e. The van der Waals surface area contributed by atoms with Crippen LogP contribution in [-0.4, -0.2) is 11.1 Å². The Bertz CT molecular complexity index is 338. The van der Waals surface area contributed by atoms with Gasteiger partial charge in [0.1, 0.15) is 0 Å². The van der Waals surface area contributed by atoms with Crippen molar-refractivity contribution in [2.75, 3.05) is 0 Å². The number of benzene rings is 1. The third kappa shape index (κ3) is 2.97. The van der Waals surface area contributed by atoms with E-state index in [4.69, 9.17) is 5.11 Å².